The lowest BCUT2D eigenvalue weighted by atomic mass is 10.0. The third-order valence-electron chi connectivity index (χ3n) is 4.43. The Morgan fingerprint density at radius 1 is 1.10 bits per heavy atom. The van der Waals surface area contributed by atoms with Gasteiger partial charge in [0.25, 0.3) is 0 Å². The maximum atomic E-state index is 12.8. The summed E-state index contributed by atoms with van der Waals surface area (Å²) in [7, 11) is -3.47. The van der Waals surface area contributed by atoms with Crippen molar-refractivity contribution >= 4 is 10.0 Å². The number of rotatable bonds is 3. The van der Waals surface area contributed by atoms with E-state index in [0.717, 1.165) is 48.1 Å². The second-order valence-electron chi connectivity index (χ2n) is 6.11. The number of hydrogen-bond acceptors (Lipinski definition) is 3. The highest BCUT2D eigenvalue weighted by Gasteiger charge is 2.25. The van der Waals surface area contributed by atoms with Gasteiger partial charge in [0.2, 0.25) is 10.0 Å². The fraction of sp³-hybridized carbons (Fsp3) is 0.625. The van der Waals surface area contributed by atoms with E-state index < -0.39 is 10.0 Å². The van der Waals surface area contributed by atoms with Gasteiger partial charge < -0.3 is 5.32 Å². The molecule has 1 aromatic rings. The van der Waals surface area contributed by atoms with Crippen LogP contribution in [0.15, 0.2) is 11.0 Å². The highest BCUT2D eigenvalue weighted by atomic mass is 32.2. The van der Waals surface area contributed by atoms with Gasteiger partial charge in [-0.05, 0) is 69.3 Å². The first-order chi connectivity index (χ1) is 9.83. The Hall–Kier alpha value is -0.910. The Labute approximate surface area is 128 Å². The van der Waals surface area contributed by atoms with Crippen LogP contribution in [-0.2, 0) is 10.0 Å². The highest BCUT2D eigenvalue weighted by Crippen LogP contribution is 2.26. The summed E-state index contributed by atoms with van der Waals surface area (Å²) in [5.41, 5.74) is 3.76. The van der Waals surface area contributed by atoms with Crippen LogP contribution in [0, 0.1) is 27.7 Å². The molecule has 1 aliphatic rings. The number of aryl methyl sites for hydroxylation is 2. The summed E-state index contributed by atoms with van der Waals surface area (Å²) in [5.74, 6) is 0. The smallest absolute Gasteiger partial charge is 0.241 e. The SMILES string of the molecule is Cc1cc(C)c(C)c(S(=O)(=O)NC2CCCCNC2)c1C. The summed E-state index contributed by atoms with van der Waals surface area (Å²) in [6, 6.07) is 2.04. The van der Waals surface area contributed by atoms with Crippen molar-refractivity contribution in [1.82, 2.24) is 10.0 Å². The average Bonchev–Trinajstić information content (AvgIpc) is 2.64. The van der Waals surface area contributed by atoms with E-state index in [-0.39, 0.29) is 6.04 Å². The molecule has 1 unspecified atom stereocenters. The lowest BCUT2D eigenvalue weighted by Gasteiger charge is -2.20. The minimum atomic E-state index is -3.47. The lowest BCUT2D eigenvalue weighted by Crippen LogP contribution is -2.41. The predicted molar refractivity (Wildman–Crippen MR) is 86.2 cm³/mol. The van der Waals surface area contributed by atoms with Gasteiger partial charge in [0, 0.05) is 12.6 Å². The number of hydrogen-bond donors (Lipinski definition) is 2. The van der Waals surface area contributed by atoms with Gasteiger partial charge in [0.05, 0.1) is 4.90 Å². The fourth-order valence-corrected chi connectivity index (χ4v) is 4.87. The number of nitrogens with one attached hydrogen (secondary N) is 2. The van der Waals surface area contributed by atoms with E-state index in [1.54, 1.807) is 0 Å². The monoisotopic (exact) mass is 310 g/mol. The van der Waals surface area contributed by atoms with Crippen LogP contribution in [0.4, 0.5) is 0 Å². The second-order valence-corrected chi connectivity index (χ2v) is 7.76. The third kappa shape index (κ3) is 3.65. The minimum Gasteiger partial charge on any atom is -0.315 e. The Balaban J connectivity index is 2.35. The van der Waals surface area contributed by atoms with Gasteiger partial charge in [0.15, 0.2) is 0 Å². The zero-order valence-corrected chi connectivity index (χ0v) is 14.2. The molecule has 1 heterocycles. The predicted octanol–water partition coefficient (Wildman–Crippen LogP) is 2.34. The maximum absolute atomic E-state index is 12.8. The summed E-state index contributed by atoms with van der Waals surface area (Å²) < 4.78 is 28.5. The molecule has 5 heteroatoms. The average molecular weight is 310 g/mol. The van der Waals surface area contributed by atoms with Crippen molar-refractivity contribution < 1.29 is 8.42 Å². The molecule has 1 aliphatic heterocycles. The molecule has 0 aliphatic carbocycles. The topological polar surface area (TPSA) is 58.2 Å². The maximum Gasteiger partial charge on any atom is 0.241 e. The molecule has 1 atom stereocenters. The molecule has 21 heavy (non-hydrogen) atoms. The van der Waals surface area contributed by atoms with Crippen LogP contribution in [0.2, 0.25) is 0 Å². The van der Waals surface area contributed by atoms with Crippen LogP contribution in [-0.4, -0.2) is 27.5 Å². The summed E-state index contributed by atoms with van der Waals surface area (Å²) in [5, 5.41) is 3.30. The first-order valence-electron chi connectivity index (χ1n) is 7.63. The van der Waals surface area contributed by atoms with E-state index in [9.17, 15) is 8.42 Å². The van der Waals surface area contributed by atoms with E-state index in [1.165, 1.54) is 0 Å². The van der Waals surface area contributed by atoms with Gasteiger partial charge in [-0.25, -0.2) is 13.1 Å². The Morgan fingerprint density at radius 3 is 2.33 bits per heavy atom. The minimum absolute atomic E-state index is 0.0166. The van der Waals surface area contributed by atoms with E-state index >= 15 is 0 Å². The van der Waals surface area contributed by atoms with Crippen molar-refractivity contribution in [2.24, 2.45) is 0 Å². The van der Waals surface area contributed by atoms with E-state index in [4.69, 9.17) is 0 Å². The summed E-state index contributed by atoms with van der Waals surface area (Å²) in [6.45, 7) is 9.40. The van der Waals surface area contributed by atoms with Crippen LogP contribution in [0.3, 0.4) is 0 Å². The van der Waals surface area contributed by atoms with Crippen LogP contribution in [0.5, 0.6) is 0 Å². The molecule has 1 saturated heterocycles. The summed E-state index contributed by atoms with van der Waals surface area (Å²) >= 11 is 0. The zero-order chi connectivity index (χ0) is 15.6. The van der Waals surface area contributed by atoms with Crippen LogP contribution in [0.1, 0.15) is 41.5 Å². The van der Waals surface area contributed by atoms with Gasteiger partial charge in [-0.15, -0.1) is 0 Å². The molecule has 1 fully saturated rings. The molecule has 1 aromatic carbocycles. The molecular weight excluding hydrogens is 284 g/mol. The Kier molecular flexibility index (Phi) is 5.07. The van der Waals surface area contributed by atoms with Gasteiger partial charge in [-0.3, -0.25) is 0 Å². The van der Waals surface area contributed by atoms with Crippen molar-refractivity contribution in [3.63, 3.8) is 0 Å². The van der Waals surface area contributed by atoms with Crippen molar-refractivity contribution in [2.45, 2.75) is 57.9 Å². The van der Waals surface area contributed by atoms with Gasteiger partial charge >= 0.3 is 0 Å². The lowest BCUT2D eigenvalue weighted by molar-refractivity contribution is 0.520. The van der Waals surface area contributed by atoms with Crippen molar-refractivity contribution in [3.8, 4) is 0 Å². The van der Waals surface area contributed by atoms with E-state index in [1.807, 2.05) is 27.7 Å². The van der Waals surface area contributed by atoms with Gasteiger partial charge in [0.1, 0.15) is 0 Å². The zero-order valence-electron chi connectivity index (χ0n) is 13.4. The Morgan fingerprint density at radius 2 is 1.71 bits per heavy atom. The highest BCUT2D eigenvalue weighted by molar-refractivity contribution is 7.89. The van der Waals surface area contributed by atoms with Crippen molar-refractivity contribution in [3.05, 3.63) is 28.3 Å². The summed E-state index contributed by atoms with van der Waals surface area (Å²) in [6.07, 6.45) is 3.07. The molecule has 0 bridgehead atoms. The number of benzene rings is 1. The number of sulfonamides is 1. The molecule has 0 saturated carbocycles. The molecule has 0 amide bonds. The van der Waals surface area contributed by atoms with Crippen LogP contribution in [0.25, 0.3) is 0 Å². The van der Waals surface area contributed by atoms with Crippen LogP contribution < -0.4 is 10.0 Å². The standard InChI is InChI=1S/C16H26N2O2S/c1-11-9-12(2)14(4)16(13(11)3)21(19,20)18-15-7-5-6-8-17-10-15/h9,15,17-18H,5-8,10H2,1-4H3. The third-order valence-corrected chi connectivity index (χ3v) is 6.23. The molecule has 118 valence electrons. The first kappa shape index (κ1) is 16.5. The molecule has 0 aromatic heterocycles. The Bertz CT molecular complexity index is 589. The van der Waals surface area contributed by atoms with Gasteiger partial charge in [-0.2, -0.15) is 0 Å². The fourth-order valence-electron chi connectivity index (χ4n) is 2.98. The van der Waals surface area contributed by atoms with E-state index in [2.05, 4.69) is 16.1 Å². The molecule has 0 spiro atoms. The molecule has 0 radical (unpaired) electrons. The first-order valence-corrected chi connectivity index (χ1v) is 9.11. The molecule has 2 N–H and O–H groups in total. The van der Waals surface area contributed by atoms with Crippen molar-refractivity contribution in [2.75, 3.05) is 13.1 Å². The van der Waals surface area contributed by atoms with Gasteiger partial charge in [-0.1, -0.05) is 12.5 Å². The summed E-state index contributed by atoms with van der Waals surface area (Å²) in [4.78, 5) is 0.462. The molecule has 4 nitrogen and oxygen atoms in total. The molecular formula is C16H26N2O2S. The van der Waals surface area contributed by atoms with Crippen LogP contribution >= 0.6 is 0 Å². The van der Waals surface area contributed by atoms with E-state index in [0.29, 0.717) is 11.4 Å². The normalized spacial score (nSPS) is 20.3. The molecule has 2 rings (SSSR count). The largest absolute Gasteiger partial charge is 0.315 e. The quantitative estimate of drug-likeness (QED) is 0.901. The van der Waals surface area contributed by atoms with Crippen molar-refractivity contribution in [1.29, 1.82) is 0 Å². The second kappa shape index (κ2) is 6.46.